The maximum atomic E-state index is 12.2. The van der Waals surface area contributed by atoms with Crippen molar-refractivity contribution in [3.8, 4) is 0 Å². The first-order chi connectivity index (χ1) is 9.98. The number of hydrogen-bond acceptors (Lipinski definition) is 2. The van der Waals surface area contributed by atoms with Gasteiger partial charge in [0.2, 0.25) is 0 Å². The zero-order valence-corrected chi connectivity index (χ0v) is 12.2. The highest BCUT2D eigenvalue weighted by Crippen LogP contribution is 2.30. The quantitative estimate of drug-likeness (QED) is 0.788. The van der Waals surface area contributed by atoms with E-state index in [1.807, 2.05) is 24.3 Å². The van der Waals surface area contributed by atoms with Crippen molar-refractivity contribution < 1.29 is 22.6 Å². The molecule has 0 amide bonds. The largest absolute Gasteiger partial charge is 0.389 e. The Balaban J connectivity index is 1.80. The van der Waals surface area contributed by atoms with Gasteiger partial charge in [0.25, 0.3) is 0 Å². The molecule has 0 unspecified atom stereocenters. The zero-order chi connectivity index (χ0) is 15.3. The van der Waals surface area contributed by atoms with Crippen LogP contribution in [0.1, 0.15) is 43.6 Å². The van der Waals surface area contributed by atoms with Gasteiger partial charge in [0.05, 0.1) is 13.2 Å². The lowest BCUT2D eigenvalue weighted by atomic mass is 10.0. The van der Waals surface area contributed by atoms with Gasteiger partial charge in [0, 0.05) is 17.9 Å². The molecule has 118 valence electrons. The van der Waals surface area contributed by atoms with E-state index in [2.05, 4.69) is 6.92 Å². The number of alkyl halides is 3. The van der Waals surface area contributed by atoms with E-state index in [-0.39, 0.29) is 12.3 Å². The number of halogens is 3. The monoisotopic (exact) mass is 302 g/mol. The fraction of sp³-hybridized carbons (Fsp3) is 0.625. The van der Waals surface area contributed by atoms with Crippen LogP contribution in [0.5, 0.6) is 0 Å². The highest BCUT2D eigenvalue weighted by molar-refractivity contribution is 5.23. The van der Waals surface area contributed by atoms with Crippen molar-refractivity contribution in [3.05, 3.63) is 35.4 Å². The fourth-order valence-electron chi connectivity index (χ4n) is 2.40. The summed E-state index contributed by atoms with van der Waals surface area (Å²) in [6.45, 7) is 2.76. The van der Waals surface area contributed by atoms with Gasteiger partial charge in [-0.1, -0.05) is 37.6 Å². The number of ether oxygens (including phenoxy) is 2. The van der Waals surface area contributed by atoms with Crippen LogP contribution < -0.4 is 0 Å². The van der Waals surface area contributed by atoms with Gasteiger partial charge < -0.3 is 9.47 Å². The molecular formula is C16H21F3O2. The summed E-state index contributed by atoms with van der Waals surface area (Å²) < 4.78 is 47.6. The Hall–Kier alpha value is -1.07. The Labute approximate surface area is 123 Å². The van der Waals surface area contributed by atoms with Gasteiger partial charge >= 0.3 is 6.18 Å². The highest BCUT2D eigenvalue weighted by Gasteiger charge is 2.30. The van der Waals surface area contributed by atoms with Crippen LogP contribution in [0.25, 0.3) is 0 Å². The third kappa shape index (κ3) is 5.32. The Kier molecular flexibility index (Phi) is 5.65. The molecule has 1 heterocycles. The molecule has 0 atom stereocenters. The number of benzene rings is 1. The Bertz CT molecular complexity index is 420. The van der Waals surface area contributed by atoms with E-state index in [1.165, 1.54) is 5.56 Å². The molecule has 0 radical (unpaired) electrons. The summed E-state index contributed by atoms with van der Waals surface area (Å²) in [6.07, 6.45) is -3.15. The molecule has 1 aliphatic rings. The normalized spacial score (nSPS) is 23.2. The first-order valence-electron chi connectivity index (χ1n) is 7.36. The molecule has 0 saturated carbocycles. The van der Waals surface area contributed by atoms with E-state index in [0.717, 1.165) is 18.4 Å². The maximum absolute atomic E-state index is 12.2. The molecule has 0 aliphatic carbocycles. The van der Waals surface area contributed by atoms with Crippen molar-refractivity contribution in [1.82, 2.24) is 0 Å². The van der Waals surface area contributed by atoms with E-state index in [1.54, 1.807) is 0 Å². The van der Waals surface area contributed by atoms with Crippen LogP contribution in [0, 0.1) is 5.92 Å². The van der Waals surface area contributed by atoms with Crippen LogP contribution in [-0.2, 0) is 15.9 Å². The van der Waals surface area contributed by atoms with Crippen molar-refractivity contribution in [3.63, 3.8) is 0 Å². The van der Waals surface area contributed by atoms with Gasteiger partial charge in [-0.15, -0.1) is 0 Å². The van der Waals surface area contributed by atoms with Crippen LogP contribution in [0.4, 0.5) is 13.2 Å². The number of hydrogen-bond donors (Lipinski definition) is 0. The van der Waals surface area contributed by atoms with E-state index >= 15 is 0 Å². The molecule has 1 saturated heterocycles. The van der Waals surface area contributed by atoms with E-state index in [9.17, 15) is 13.2 Å². The van der Waals surface area contributed by atoms with Gasteiger partial charge in [0.1, 0.15) is 0 Å². The van der Waals surface area contributed by atoms with Crippen LogP contribution >= 0.6 is 0 Å². The van der Waals surface area contributed by atoms with Crippen LogP contribution in [0.2, 0.25) is 0 Å². The number of aryl methyl sites for hydroxylation is 1. The summed E-state index contributed by atoms with van der Waals surface area (Å²) >= 11 is 0. The van der Waals surface area contributed by atoms with Crippen molar-refractivity contribution in [2.75, 3.05) is 13.2 Å². The van der Waals surface area contributed by atoms with Crippen molar-refractivity contribution >= 4 is 0 Å². The lowest BCUT2D eigenvalue weighted by Gasteiger charge is -2.30. The summed E-state index contributed by atoms with van der Waals surface area (Å²) in [4.78, 5) is 0. The zero-order valence-electron chi connectivity index (χ0n) is 12.2. The minimum absolute atomic E-state index is 0.0612. The summed E-state index contributed by atoms with van der Waals surface area (Å²) in [5.74, 6) is -0.178. The Morgan fingerprint density at radius 3 is 2.24 bits per heavy atom. The van der Waals surface area contributed by atoms with Crippen LogP contribution in [0.15, 0.2) is 24.3 Å². The molecule has 0 bridgehead atoms. The first kappa shape index (κ1) is 16.3. The lowest BCUT2D eigenvalue weighted by molar-refractivity contribution is -0.211. The fourth-order valence-corrected chi connectivity index (χ4v) is 2.40. The molecule has 0 N–H and O–H groups in total. The van der Waals surface area contributed by atoms with Gasteiger partial charge in [-0.2, -0.15) is 13.2 Å². The molecule has 1 aromatic rings. The minimum atomic E-state index is -4.11. The third-order valence-electron chi connectivity index (χ3n) is 3.59. The summed E-state index contributed by atoms with van der Waals surface area (Å²) in [5, 5.41) is 0. The minimum Gasteiger partial charge on any atom is -0.348 e. The first-order valence-corrected chi connectivity index (χ1v) is 7.36. The van der Waals surface area contributed by atoms with Gasteiger partial charge in [-0.05, 0) is 18.4 Å². The molecule has 0 spiro atoms. The molecule has 1 aromatic carbocycles. The predicted molar refractivity (Wildman–Crippen MR) is 73.9 cm³/mol. The molecular weight excluding hydrogens is 281 g/mol. The van der Waals surface area contributed by atoms with Gasteiger partial charge in [0.15, 0.2) is 6.29 Å². The SMILES string of the molecule is CCCc1ccc([C@H]2OC[C@H](CCC(F)(F)F)CO2)cc1. The third-order valence-corrected chi connectivity index (χ3v) is 3.59. The summed E-state index contributed by atoms with van der Waals surface area (Å²) in [6, 6.07) is 8.01. The Morgan fingerprint density at radius 1 is 1.10 bits per heavy atom. The average molecular weight is 302 g/mol. The van der Waals surface area contributed by atoms with Crippen molar-refractivity contribution in [1.29, 1.82) is 0 Å². The summed E-state index contributed by atoms with van der Waals surface area (Å²) in [5.41, 5.74) is 2.18. The second-order valence-corrected chi connectivity index (χ2v) is 5.51. The maximum Gasteiger partial charge on any atom is 0.389 e. The van der Waals surface area contributed by atoms with E-state index in [0.29, 0.717) is 13.2 Å². The van der Waals surface area contributed by atoms with Crippen LogP contribution in [0.3, 0.4) is 0 Å². The second-order valence-electron chi connectivity index (χ2n) is 5.51. The highest BCUT2D eigenvalue weighted by atomic mass is 19.4. The van der Waals surface area contributed by atoms with Crippen molar-refractivity contribution in [2.24, 2.45) is 5.92 Å². The Morgan fingerprint density at radius 2 is 1.71 bits per heavy atom. The molecule has 1 aliphatic heterocycles. The molecule has 0 aromatic heterocycles. The molecule has 1 fully saturated rings. The molecule has 2 nitrogen and oxygen atoms in total. The second kappa shape index (κ2) is 7.27. The van der Waals surface area contributed by atoms with E-state index in [4.69, 9.17) is 9.47 Å². The smallest absolute Gasteiger partial charge is 0.348 e. The van der Waals surface area contributed by atoms with Gasteiger partial charge in [-0.25, -0.2) is 0 Å². The molecule has 21 heavy (non-hydrogen) atoms. The predicted octanol–water partition coefficient (Wildman–Crippen LogP) is 4.64. The standard InChI is InChI=1S/C16H21F3O2/c1-2-3-12-4-6-14(7-5-12)15-20-10-13(11-21-15)8-9-16(17,18)19/h4-7,13,15H,2-3,8-11H2,1H3/t13-,15-. The van der Waals surface area contributed by atoms with Gasteiger partial charge in [-0.3, -0.25) is 0 Å². The topological polar surface area (TPSA) is 18.5 Å². The van der Waals surface area contributed by atoms with E-state index < -0.39 is 18.9 Å². The average Bonchev–Trinajstić information content (AvgIpc) is 2.46. The van der Waals surface area contributed by atoms with Crippen LogP contribution in [-0.4, -0.2) is 19.4 Å². The number of rotatable bonds is 5. The molecule has 2 rings (SSSR count). The lowest BCUT2D eigenvalue weighted by Crippen LogP contribution is -2.28. The molecule has 5 heteroatoms. The van der Waals surface area contributed by atoms with Crippen molar-refractivity contribution in [2.45, 2.75) is 45.1 Å². The summed E-state index contributed by atoms with van der Waals surface area (Å²) in [7, 11) is 0.